The zero-order chi connectivity index (χ0) is 11.6. The molecule has 1 rings (SSSR count). The summed E-state index contributed by atoms with van der Waals surface area (Å²) in [6.45, 7) is -3.18. The summed E-state index contributed by atoms with van der Waals surface area (Å²) in [5.74, 6) is -0.653. The molecule has 0 spiro atoms. The van der Waals surface area contributed by atoms with E-state index >= 15 is 0 Å². The highest BCUT2D eigenvalue weighted by Gasteiger charge is 2.23. The quantitative estimate of drug-likeness (QED) is 0.498. The molecule has 0 aliphatic carbocycles. The van der Waals surface area contributed by atoms with Crippen LogP contribution in [0.1, 0.15) is 0 Å². The predicted octanol–water partition coefficient (Wildman–Crippen LogP) is 2.43. The van der Waals surface area contributed by atoms with Gasteiger partial charge in [0.15, 0.2) is 0 Å². The molecule has 0 unspecified atom stereocenters. The van der Waals surface area contributed by atoms with Gasteiger partial charge in [0.05, 0.1) is 4.92 Å². The number of anilines is 1. The van der Waals surface area contributed by atoms with Gasteiger partial charge in [-0.25, -0.2) is 0 Å². The lowest BCUT2D eigenvalue weighted by molar-refractivity contribution is -0.385. The Bertz CT molecular complexity index is 400. The van der Waals surface area contributed by atoms with Crippen LogP contribution < -0.4 is 10.5 Å². The smallest absolute Gasteiger partial charge is 0.387 e. The van der Waals surface area contributed by atoms with Crippen LogP contribution in [0.3, 0.4) is 0 Å². The van der Waals surface area contributed by atoms with E-state index in [9.17, 15) is 18.9 Å². The van der Waals surface area contributed by atoms with Crippen LogP contribution in [-0.4, -0.2) is 11.5 Å². The second-order valence-electron chi connectivity index (χ2n) is 2.48. The third-order valence-electron chi connectivity index (χ3n) is 1.47. The molecule has 15 heavy (non-hydrogen) atoms. The van der Waals surface area contributed by atoms with Gasteiger partial charge in [0.25, 0.3) is 0 Å². The second-order valence-corrected chi connectivity index (χ2v) is 2.91. The summed E-state index contributed by atoms with van der Waals surface area (Å²) in [5.41, 5.74) is 4.19. The number of alkyl halides is 2. The Hall–Kier alpha value is -1.63. The van der Waals surface area contributed by atoms with E-state index in [2.05, 4.69) is 4.74 Å². The summed E-state index contributed by atoms with van der Waals surface area (Å²) >= 11 is 5.48. The van der Waals surface area contributed by atoms with E-state index < -0.39 is 23.0 Å². The Morgan fingerprint density at radius 1 is 1.53 bits per heavy atom. The molecule has 0 atom stereocenters. The van der Waals surface area contributed by atoms with E-state index in [4.69, 9.17) is 17.3 Å². The number of hydrogen-bond donors (Lipinski definition) is 1. The van der Waals surface area contributed by atoms with Crippen LogP contribution in [0.4, 0.5) is 20.2 Å². The predicted molar refractivity (Wildman–Crippen MR) is 49.2 cm³/mol. The van der Waals surface area contributed by atoms with Gasteiger partial charge in [0.2, 0.25) is 5.75 Å². The van der Waals surface area contributed by atoms with Gasteiger partial charge in [0, 0.05) is 11.1 Å². The number of nitro benzene ring substituents is 1. The summed E-state index contributed by atoms with van der Waals surface area (Å²) in [7, 11) is 0. The molecule has 0 aliphatic rings. The molecule has 0 radical (unpaired) electrons. The van der Waals surface area contributed by atoms with Crippen LogP contribution in [0.25, 0.3) is 0 Å². The molecule has 0 aliphatic heterocycles. The molecule has 5 nitrogen and oxygen atoms in total. The summed E-state index contributed by atoms with van der Waals surface area (Å²) in [4.78, 5) is 9.58. The number of nitro groups is 1. The molecule has 0 saturated carbocycles. The molecule has 2 N–H and O–H groups in total. The van der Waals surface area contributed by atoms with E-state index in [1.165, 1.54) is 0 Å². The second kappa shape index (κ2) is 4.26. The van der Waals surface area contributed by atoms with Crippen molar-refractivity contribution >= 4 is 23.0 Å². The van der Waals surface area contributed by atoms with Gasteiger partial charge >= 0.3 is 12.3 Å². The first-order chi connectivity index (χ1) is 6.91. The average Bonchev–Trinajstić information content (AvgIpc) is 1.99. The fraction of sp³-hybridized carbons (Fsp3) is 0.143. The molecule has 1 aromatic rings. The van der Waals surface area contributed by atoms with Crippen molar-refractivity contribution in [3.63, 3.8) is 0 Å². The van der Waals surface area contributed by atoms with Crippen molar-refractivity contribution in [3.8, 4) is 5.75 Å². The van der Waals surface area contributed by atoms with Crippen molar-refractivity contribution in [2.45, 2.75) is 6.61 Å². The highest BCUT2D eigenvalue weighted by atomic mass is 35.5. The lowest BCUT2D eigenvalue weighted by Gasteiger charge is -2.07. The van der Waals surface area contributed by atoms with Crippen molar-refractivity contribution in [3.05, 3.63) is 27.3 Å². The van der Waals surface area contributed by atoms with E-state index in [0.717, 1.165) is 12.1 Å². The minimum Gasteiger partial charge on any atom is -0.427 e. The van der Waals surface area contributed by atoms with Crippen LogP contribution in [0.2, 0.25) is 5.02 Å². The maximum absolute atomic E-state index is 11.9. The van der Waals surface area contributed by atoms with Crippen molar-refractivity contribution in [2.24, 2.45) is 0 Å². The number of benzene rings is 1. The zero-order valence-electron chi connectivity index (χ0n) is 7.12. The molecule has 0 amide bonds. The van der Waals surface area contributed by atoms with Crippen LogP contribution in [0, 0.1) is 10.1 Å². The van der Waals surface area contributed by atoms with Crippen LogP contribution in [0.15, 0.2) is 12.1 Å². The molecule has 0 heterocycles. The highest BCUT2D eigenvalue weighted by molar-refractivity contribution is 6.31. The number of ether oxygens (including phenoxy) is 1. The minimum absolute atomic E-state index is 0.0197. The van der Waals surface area contributed by atoms with Crippen molar-refractivity contribution in [1.29, 1.82) is 0 Å². The largest absolute Gasteiger partial charge is 0.427 e. The van der Waals surface area contributed by atoms with E-state index in [1.807, 2.05) is 0 Å². The van der Waals surface area contributed by atoms with E-state index in [1.54, 1.807) is 0 Å². The van der Waals surface area contributed by atoms with E-state index in [-0.39, 0.29) is 10.7 Å². The lowest BCUT2D eigenvalue weighted by atomic mass is 10.2. The molecule has 8 heteroatoms. The third kappa shape index (κ3) is 2.66. The first kappa shape index (κ1) is 11.4. The molecular formula is C7H5ClF2N2O3. The zero-order valence-corrected chi connectivity index (χ0v) is 7.87. The Labute approximate surface area is 87.5 Å². The molecule has 0 saturated heterocycles. The summed E-state index contributed by atoms with van der Waals surface area (Å²) in [6.07, 6.45) is 0. The molecule has 0 fully saturated rings. The summed E-state index contributed by atoms with van der Waals surface area (Å²) < 4.78 is 27.7. The van der Waals surface area contributed by atoms with Gasteiger partial charge in [0.1, 0.15) is 5.69 Å². The molecule has 82 valence electrons. The standard InChI is InChI=1S/C7H5ClF2N2O3/c8-3-1-4(11)6(12(13)14)5(2-3)15-7(9)10/h1-2,7H,11H2. The molecule has 0 aromatic heterocycles. The van der Waals surface area contributed by atoms with Crippen molar-refractivity contribution < 1.29 is 18.4 Å². The maximum atomic E-state index is 11.9. The van der Waals surface area contributed by atoms with Crippen LogP contribution in [0.5, 0.6) is 5.75 Å². The topological polar surface area (TPSA) is 78.4 Å². The number of nitrogens with zero attached hydrogens (tertiary/aromatic N) is 1. The lowest BCUT2D eigenvalue weighted by Crippen LogP contribution is -2.06. The van der Waals surface area contributed by atoms with Crippen LogP contribution in [-0.2, 0) is 0 Å². The minimum atomic E-state index is -3.18. The first-order valence-electron chi connectivity index (χ1n) is 3.60. The first-order valence-corrected chi connectivity index (χ1v) is 3.98. The van der Waals surface area contributed by atoms with Gasteiger partial charge in [-0.05, 0) is 6.07 Å². The maximum Gasteiger partial charge on any atom is 0.387 e. The van der Waals surface area contributed by atoms with Gasteiger partial charge in [-0.1, -0.05) is 11.6 Å². The summed E-state index contributed by atoms with van der Waals surface area (Å²) in [6, 6.07) is 1.99. The number of nitrogens with two attached hydrogens (primary N) is 1. The van der Waals surface area contributed by atoms with Crippen LogP contribution >= 0.6 is 11.6 Å². The van der Waals surface area contributed by atoms with Gasteiger partial charge < -0.3 is 10.5 Å². The van der Waals surface area contributed by atoms with Crippen molar-refractivity contribution in [2.75, 3.05) is 5.73 Å². The Morgan fingerprint density at radius 3 is 2.60 bits per heavy atom. The van der Waals surface area contributed by atoms with Crippen molar-refractivity contribution in [1.82, 2.24) is 0 Å². The fourth-order valence-electron chi connectivity index (χ4n) is 0.976. The third-order valence-corrected chi connectivity index (χ3v) is 1.69. The Balaban J connectivity index is 3.27. The molecular weight excluding hydrogens is 234 g/mol. The normalized spacial score (nSPS) is 10.4. The molecule has 1 aromatic carbocycles. The monoisotopic (exact) mass is 238 g/mol. The Morgan fingerprint density at radius 2 is 2.13 bits per heavy atom. The highest BCUT2D eigenvalue weighted by Crippen LogP contribution is 2.36. The molecule has 0 bridgehead atoms. The SMILES string of the molecule is Nc1cc(Cl)cc(OC(F)F)c1[N+](=O)[O-]. The number of halogens is 3. The Kier molecular flexibility index (Phi) is 3.25. The fourth-order valence-corrected chi connectivity index (χ4v) is 1.19. The van der Waals surface area contributed by atoms with Gasteiger partial charge in [-0.2, -0.15) is 8.78 Å². The summed E-state index contributed by atoms with van der Waals surface area (Å²) in [5, 5.41) is 10.5. The number of nitrogen functional groups attached to an aromatic ring is 1. The van der Waals surface area contributed by atoms with Gasteiger partial charge in [-0.15, -0.1) is 0 Å². The van der Waals surface area contributed by atoms with Gasteiger partial charge in [-0.3, -0.25) is 10.1 Å². The average molecular weight is 239 g/mol. The van der Waals surface area contributed by atoms with E-state index in [0.29, 0.717) is 0 Å². The number of hydrogen-bond acceptors (Lipinski definition) is 4. The number of rotatable bonds is 3.